The van der Waals surface area contributed by atoms with Crippen molar-refractivity contribution >= 4 is 35.4 Å². The van der Waals surface area contributed by atoms with Gasteiger partial charge in [-0.15, -0.1) is 12.4 Å². The zero-order valence-corrected chi connectivity index (χ0v) is 9.75. The molecule has 0 saturated carbocycles. The van der Waals surface area contributed by atoms with E-state index in [-0.39, 0.29) is 12.4 Å². The molecule has 0 unspecified atom stereocenters. The minimum Gasteiger partial charge on any atom is -0.423 e. The second kappa shape index (κ2) is 4.40. The summed E-state index contributed by atoms with van der Waals surface area (Å²) in [5, 5.41) is 0. The first-order chi connectivity index (χ1) is 7.09. The number of para-hydroxylation sites is 1. The minimum atomic E-state index is -0.501. The minimum absolute atomic E-state index is 0. The van der Waals surface area contributed by atoms with Crippen molar-refractivity contribution in [1.82, 2.24) is 4.98 Å². The molecule has 0 aliphatic rings. The molecule has 6 heteroatoms. The lowest BCUT2D eigenvalue weighted by molar-refractivity contribution is 0.100. The Kier molecular flexibility index (Phi) is 3.39. The molecule has 0 aliphatic heterocycles. The summed E-state index contributed by atoms with van der Waals surface area (Å²) in [6.45, 7) is 0. The van der Waals surface area contributed by atoms with Crippen molar-refractivity contribution in [2.75, 3.05) is 19.0 Å². The highest BCUT2D eigenvalue weighted by molar-refractivity contribution is 6.03. The van der Waals surface area contributed by atoms with Gasteiger partial charge in [0.1, 0.15) is 5.52 Å². The highest BCUT2D eigenvalue weighted by atomic mass is 35.5. The monoisotopic (exact) mass is 241 g/mol. The fourth-order valence-corrected chi connectivity index (χ4v) is 1.33. The molecule has 0 aliphatic carbocycles. The zero-order valence-electron chi connectivity index (χ0n) is 8.93. The SMILES string of the molecule is CN(C)c1nc2c(C(N)=O)cccc2o1.Cl. The van der Waals surface area contributed by atoms with E-state index in [0.717, 1.165) is 0 Å². The van der Waals surface area contributed by atoms with E-state index in [9.17, 15) is 4.79 Å². The van der Waals surface area contributed by atoms with Gasteiger partial charge in [-0.2, -0.15) is 4.98 Å². The van der Waals surface area contributed by atoms with Crippen molar-refractivity contribution in [2.45, 2.75) is 0 Å². The molecule has 5 nitrogen and oxygen atoms in total. The maximum Gasteiger partial charge on any atom is 0.297 e. The molecule has 0 spiro atoms. The fourth-order valence-electron chi connectivity index (χ4n) is 1.33. The van der Waals surface area contributed by atoms with E-state index in [4.69, 9.17) is 10.2 Å². The first kappa shape index (κ1) is 12.3. The van der Waals surface area contributed by atoms with E-state index in [1.807, 2.05) is 14.1 Å². The van der Waals surface area contributed by atoms with Crippen LogP contribution in [-0.4, -0.2) is 25.0 Å². The Labute approximate surface area is 98.6 Å². The number of amides is 1. The van der Waals surface area contributed by atoms with Crippen molar-refractivity contribution in [1.29, 1.82) is 0 Å². The van der Waals surface area contributed by atoms with Crippen molar-refractivity contribution < 1.29 is 9.21 Å². The van der Waals surface area contributed by atoms with Crippen LogP contribution in [-0.2, 0) is 0 Å². The Morgan fingerprint density at radius 3 is 2.69 bits per heavy atom. The number of carbonyl (C=O) groups excluding carboxylic acids is 1. The van der Waals surface area contributed by atoms with Gasteiger partial charge < -0.3 is 15.1 Å². The number of nitrogens with two attached hydrogens (primary N) is 1. The third kappa shape index (κ3) is 1.94. The maximum atomic E-state index is 11.1. The second-order valence-corrected chi connectivity index (χ2v) is 3.41. The normalized spacial score (nSPS) is 9.88. The Morgan fingerprint density at radius 1 is 1.44 bits per heavy atom. The number of hydrogen-bond donors (Lipinski definition) is 1. The quantitative estimate of drug-likeness (QED) is 0.863. The van der Waals surface area contributed by atoms with Gasteiger partial charge in [0.15, 0.2) is 5.58 Å². The Hall–Kier alpha value is -1.75. The second-order valence-electron chi connectivity index (χ2n) is 3.41. The summed E-state index contributed by atoms with van der Waals surface area (Å²) in [4.78, 5) is 17.0. The maximum absolute atomic E-state index is 11.1. The van der Waals surface area contributed by atoms with Gasteiger partial charge in [0.2, 0.25) is 0 Å². The molecule has 0 atom stereocenters. The van der Waals surface area contributed by atoms with Crippen LogP contribution in [0.1, 0.15) is 10.4 Å². The van der Waals surface area contributed by atoms with Crippen molar-refractivity contribution in [3.05, 3.63) is 23.8 Å². The summed E-state index contributed by atoms with van der Waals surface area (Å²) in [7, 11) is 3.63. The number of primary amides is 1. The molecule has 0 bridgehead atoms. The van der Waals surface area contributed by atoms with Crippen LogP contribution in [0.25, 0.3) is 11.1 Å². The van der Waals surface area contributed by atoms with E-state index >= 15 is 0 Å². The van der Waals surface area contributed by atoms with Gasteiger partial charge in [0, 0.05) is 14.1 Å². The Morgan fingerprint density at radius 2 is 2.12 bits per heavy atom. The molecule has 0 saturated heterocycles. The first-order valence-corrected chi connectivity index (χ1v) is 4.46. The van der Waals surface area contributed by atoms with Crippen LogP contribution < -0.4 is 10.6 Å². The summed E-state index contributed by atoms with van der Waals surface area (Å²) in [5.74, 6) is -0.501. The van der Waals surface area contributed by atoms with Crippen LogP contribution in [0.2, 0.25) is 0 Å². The molecule has 1 heterocycles. The molecule has 0 fully saturated rings. The molecule has 1 amide bonds. The predicted molar refractivity (Wildman–Crippen MR) is 64.1 cm³/mol. The Balaban J connectivity index is 0.00000128. The standard InChI is InChI=1S/C10H11N3O2.ClH/c1-13(2)10-12-8-6(9(11)14)4-3-5-7(8)15-10;/h3-5H,1-2H3,(H2,11,14);1H. The summed E-state index contributed by atoms with van der Waals surface area (Å²) in [6.07, 6.45) is 0. The van der Waals surface area contributed by atoms with Gasteiger partial charge in [-0.25, -0.2) is 0 Å². The van der Waals surface area contributed by atoms with Gasteiger partial charge in [-0.3, -0.25) is 4.79 Å². The number of halogens is 1. The van der Waals surface area contributed by atoms with Crippen LogP contribution in [0.15, 0.2) is 22.6 Å². The average molecular weight is 242 g/mol. The summed E-state index contributed by atoms with van der Waals surface area (Å²) < 4.78 is 5.43. The van der Waals surface area contributed by atoms with Crippen LogP contribution in [0.4, 0.5) is 6.01 Å². The van der Waals surface area contributed by atoms with Crippen molar-refractivity contribution in [2.24, 2.45) is 5.73 Å². The van der Waals surface area contributed by atoms with Crippen LogP contribution in [0, 0.1) is 0 Å². The number of aromatic nitrogens is 1. The lowest BCUT2D eigenvalue weighted by atomic mass is 10.2. The van der Waals surface area contributed by atoms with Crippen molar-refractivity contribution in [3.8, 4) is 0 Å². The van der Waals surface area contributed by atoms with Gasteiger partial charge in [-0.1, -0.05) is 6.07 Å². The fraction of sp³-hybridized carbons (Fsp3) is 0.200. The van der Waals surface area contributed by atoms with Gasteiger partial charge in [-0.05, 0) is 12.1 Å². The number of rotatable bonds is 2. The Bertz CT molecular complexity index is 522. The van der Waals surface area contributed by atoms with E-state index in [1.54, 1.807) is 23.1 Å². The number of nitrogens with zero attached hydrogens (tertiary/aromatic N) is 2. The van der Waals surface area contributed by atoms with E-state index in [1.165, 1.54) is 0 Å². The molecule has 0 radical (unpaired) electrons. The lowest BCUT2D eigenvalue weighted by Gasteiger charge is -2.03. The molecule has 2 aromatic rings. The summed E-state index contributed by atoms with van der Waals surface area (Å²) in [6, 6.07) is 5.56. The smallest absolute Gasteiger partial charge is 0.297 e. The van der Waals surface area contributed by atoms with Gasteiger partial charge >= 0.3 is 0 Å². The topological polar surface area (TPSA) is 72.4 Å². The highest BCUT2D eigenvalue weighted by Crippen LogP contribution is 2.23. The van der Waals surface area contributed by atoms with Crippen LogP contribution in [0.5, 0.6) is 0 Å². The van der Waals surface area contributed by atoms with Gasteiger partial charge in [0.25, 0.3) is 11.9 Å². The molecule has 2 rings (SSSR count). The molecular weight excluding hydrogens is 230 g/mol. The predicted octanol–water partition coefficient (Wildman–Crippen LogP) is 1.41. The number of carbonyl (C=O) groups is 1. The van der Waals surface area contributed by atoms with E-state index in [0.29, 0.717) is 22.7 Å². The molecule has 2 N–H and O–H groups in total. The number of benzene rings is 1. The number of fused-ring (bicyclic) bond motifs is 1. The summed E-state index contributed by atoms with van der Waals surface area (Å²) >= 11 is 0. The third-order valence-corrected chi connectivity index (χ3v) is 2.06. The van der Waals surface area contributed by atoms with Crippen molar-refractivity contribution in [3.63, 3.8) is 0 Å². The highest BCUT2D eigenvalue weighted by Gasteiger charge is 2.13. The number of anilines is 1. The molecule has 86 valence electrons. The number of oxazole rings is 1. The van der Waals surface area contributed by atoms with Crippen LogP contribution in [0.3, 0.4) is 0 Å². The molecule has 1 aromatic carbocycles. The lowest BCUT2D eigenvalue weighted by Crippen LogP contribution is -2.11. The van der Waals surface area contributed by atoms with Gasteiger partial charge in [0.05, 0.1) is 5.56 Å². The molecular formula is C10H12ClN3O2. The first-order valence-electron chi connectivity index (χ1n) is 4.46. The van der Waals surface area contributed by atoms with E-state index in [2.05, 4.69) is 4.98 Å². The molecule has 1 aromatic heterocycles. The average Bonchev–Trinajstić information content (AvgIpc) is 2.60. The molecule has 16 heavy (non-hydrogen) atoms. The van der Waals surface area contributed by atoms with E-state index < -0.39 is 5.91 Å². The number of hydrogen-bond acceptors (Lipinski definition) is 4. The van der Waals surface area contributed by atoms with Crippen LogP contribution >= 0.6 is 12.4 Å². The largest absolute Gasteiger partial charge is 0.423 e. The zero-order chi connectivity index (χ0) is 11.0. The third-order valence-electron chi connectivity index (χ3n) is 2.06. The summed E-state index contributed by atoms with van der Waals surface area (Å²) in [5.41, 5.74) is 6.68.